The van der Waals surface area contributed by atoms with Crippen LogP contribution in [0.5, 0.6) is 5.75 Å². The molecule has 110 valence electrons. The summed E-state index contributed by atoms with van der Waals surface area (Å²) in [6, 6.07) is 8.54. The molecule has 2 amide bonds. The fourth-order valence-electron chi connectivity index (χ4n) is 2.67. The summed E-state index contributed by atoms with van der Waals surface area (Å²) >= 11 is 0. The highest BCUT2D eigenvalue weighted by atomic mass is 16.5. The minimum Gasteiger partial charge on any atom is -0.479 e. The SMILES string of the molecule is CCC1(CC)CC(=O)N(c2ccc(OCC#N)cc2)C1=O. The molecule has 0 aromatic heterocycles. The van der Waals surface area contributed by atoms with Gasteiger partial charge in [-0.15, -0.1) is 0 Å². The summed E-state index contributed by atoms with van der Waals surface area (Å²) in [4.78, 5) is 26.1. The van der Waals surface area contributed by atoms with Crippen LogP contribution in [0.2, 0.25) is 0 Å². The van der Waals surface area contributed by atoms with Gasteiger partial charge in [0.15, 0.2) is 6.61 Å². The van der Waals surface area contributed by atoms with Crippen molar-refractivity contribution in [3.8, 4) is 11.8 Å². The molecule has 1 aromatic rings. The largest absolute Gasteiger partial charge is 0.479 e. The Morgan fingerprint density at radius 2 is 1.86 bits per heavy atom. The number of ether oxygens (including phenoxy) is 1. The molecule has 0 saturated carbocycles. The van der Waals surface area contributed by atoms with Gasteiger partial charge in [0.1, 0.15) is 11.8 Å². The van der Waals surface area contributed by atoms with E-state index in [1.165, 1.54) is 4.90 Å². The first-order valence-electron chi connectivity index (χ1n) is 7.05. The molecule has 0 N–H and O–H groups in total. The zero-order chi connectivity index (χ0) is 15.5. The highest BCUT2D eigenvalue weighted by Gasteiger charge is 2.49. The molecule has 0 radical (unpaired) electrons. The van der Waals surface area contributed by atoms with Crippen LogP contribution in [0.25, 0.3) is 0 Å². The van der Waals surface area contributed by atoms with Crippen LogP contribution in [-0.4, -0.2) is 18.4 Å². The highest BCUT2D eigenvalue weighted by Crippen LogP contribution is 2.41. The van der Waals surface area contributed by atoms with E-state index in [4.69, 9.17) is 10.00 Å². The molecule has 1 heterocycles. The molecular weight excluding hydrogens is 268 g/mol. The number of benzene rings is 1. The number of carbonyl (C=O) groups excluding carboxylic acids is 2. The molecule has 1 aliphatic rings. The lowest BCUT2D eigenvalue weighted by Gasteiger charge is -2.23. The number of amides is 2. The van der Waals surface area contributed by atoms with E-state index >= 15 is 0 Å². The zero-order valence-electron chi connectivity index (χ0n) is 12.3. The van der Waals surface area contributed by atoms with Gasteiger partial charge in [-0.3, -0.25) is 14.5 Å². The van der Waals surface area contributed by atoms with E-state index in [0.29, 0.717) is 24.3 Å². The van der Waals surface area contributed by atoms with Crippen LogP contribution in [0.15, 0.2) is 24.3 Å². The molecule has 1 aromatic carbocycles. The monoisotopic (exact) mass is 286 g/mol. The number of nitrogens with zero attached hydrogens (tertiary/aromatic N) is 2. The van der Waals surface area contributed by atoms with Gasteiger partial charge in [-0.25, -0.2) is 0 Å². The van der Waals surface area contributed by atoms with Gasteiger partial charge < -0.3 is 4.74 Å². The van der Waals surface area contributed by atoms with Gasteiger partial charge in [0.05, 0.1) is 11.1 Å². The van der Waals surface area contributed by atoms with Gasteiger partial charge in [-0.1, -0.05) is 13.8 Å². The van der Waals surface area contributed by atoms with Crippen LogP contribution in [-0.2, 0) is 9.59 Å². The van der Waals surface area contributed by atoms with Crippen LogP contribution in [0.3, 0.4) is 0 Å². The summed E-state index contributed by atoms with van der Waals surface area (Å²) in [7, 11) is 0. The summed E-state index contributed by atoms with van der Waals surface area (Å²) in [6.07, 6.45) is 1.59. The van der Waals surface area contributed by atoms with Gasteiger partial charge in [0, 0.05) is 6.42 Å². The minimum atomic E-state index is -0.562. The van der Waals surface area contributed by atoms with E-state index in [1.807, 2.05) is 19.9 Å². The number of hydrogen-bond acceptors (Lipinski definition) is 4. The van der Waals surface area contributed by atoms with Gasteiger partial charge in [0.25, 0.3) is 0 Å². The smallest absolute Gasteiger partial charge is 0.240 e. The molecule has 21 heavy (non-hydrogen) atoms. The van der Waals surface area contributed by atoms with Crippen molar-refractivity contribution in [2.45, 2.75) is 33.1 Å². The standard InChI is InChI=1S/C16H18N2O3/c1-3-16(4-2)11-14(19)18(15(16)20)12-5-7-13(8-6-12)21-10-9-17/h5-8H,3-4,10-11H2,1-2H3. The van der Waals surface area contributed by atoms with Crippen LogP contribution in [0.4, 0.5) is 5.69 Å². The summed E-state index contributed by atoms with van der Waals surface area (Å²) in [5, 5.41) is 8.46. The Morgan fingerprint density at radius 1 is 1.24 bits per heavy atom. The van der Waals surface area contributed by atoms with Crippen LogP contribution < -0.4 is 9.64 Å². The third-order valence-electron chi connectivity index (χ3n) is 4.15. The summed E-state index contributed by atoms with van der Waals surface area (Å²) in [5.41, 5.74) is -0.00866. The van der Waals surface area contributed by atoms with Crippen molar-refractivity contribution in [3.05, 3.63) is 24.3 Å². The van der Waals surface area contributed by atoms with Crippen molar-refractivity contribution in [2.24, 2.45) is 5.41 Å². The maximum absolute atomic E-state index is 12.6. The maximum Gasteiger partial charge on any atom is 0.240 e. The van der Waals surface area contributed by atoms with Crippen LogP contribution in [0.1, 0.15) is 33.1 Å². The Morgan fingerprint density at radius 3 is 2.33 bits per heavy atom. The van der Waals surface area contributed by atoms with Gasteiger partial charge in [0.2, 0.25) is 11.8 Å². The predicted molar refractivity (Wildman–Crippen MR) is 77.7 cm³/mol. The second-order valence-electron chi connectivity index (χ2n) is 5.14. The third kappa shape index (κ3) is 2.62. The zero-order valence-corrected chi connectivity index (χ0v) is 12.3. The van der Waals surface area contributed by atoms with Crippen molar-refractivity contribution in [1.29, 1.82) is 5.26 Å². The highest BCUT2D eigenvalue weighted by molar-refractivity contribution is 6.22. The summed E-state index contributed by atoms with van der Waals surface area (Å²) in [5.74, 6) is 0.259. The van der Waals surface area contributed by atoms with E-state index in [2.05, 4.69) is 0 Å². The maximum atomic E-state index is 12.6. The number of hydrogen-bond donors (Lipinski definition) is 0. The van der Waals surface area contributed by atoms with Crippen molar-refractivity contribution < 1.29 is 14.3 Å². The normalized spacial score (nSPS) is 16.9. The van der Waals surface area contributed by atoms with E-state index in [9.17, 15) is 9.59 Å². The number of carbonyl (C=O) groups is 2. The van der Waals surface area contributed by atoms with Crippen molar-refractivity contribution in [3.63, 3.8) is 0 Å². The topological polar surface area (TPSA) is 70.4 Å². The van der Waals surface area contributed by atoms with Crippen molar-refractivity contribution in [1.82, 2.24) is 0 Å². The second-order valence-corrected chi connectivity index (χ2v) is 5.14. The average molecular weight is 286 g/mol. The van der Waals surface area contributed by atoms with Gasteiger partial charge >= 0.3 is 0 Å². The lowest BCUT2D eigenvalue weighted by Crippen LogP contribution is -2.35. The first-order chi connectivity index (χ1) is 10.1. The van der Waals surface area contributed by atoms with Gasteiger partial charge in [-0.05, 0) is 37.1 Å². The van der Waals surface area contributed by atoms with E-state index < -0.39 is 5.41 Å². The number of nitriles is 1. The summed E-state index contributed by atoms with van der Waals surface area (Å²) < 4.78 is 5.16. The molecule has 0 atom stereocenters. The van der Waals surface area contributed by atoms with E-state index in [1.54, 1.807) is 24.3 Å². The fraction of sp³-hybridized carbons (Fsp3) is 0.438. The predicted octanol–water partition coefficient (Wildman–Crippen LogP) is 2.66. The average Bonchev–Trinajstić information content (AvgIpc) is 2.77. The van der Waals surface area contributed by atoms with Crippen LogP contribution in [0, 0.1) is 16.7 Å². The number of imide groups is 1. The Balaban J connectivity index is 2.24. The molecule has 0 unspecified atom stereocenters. The van der Waals surface area contributed by atoms with Gasteiger partial charge in [-0.2, -0.15) is 5.26 Å². The first-order valence-corrected chi connectivity index (χ1v) is 7.05. The number of rotatable bonds is 5. The Labute approximate surface area is 124 Å². The quantitative estimate of drug-likeness (QED) is 0.780. The molecule has 5 heteroatoms. The number of anilines is 1. The molecule has 1 saturated heterocycles. The fourth-order valence-corrected chi connectivity index (χ4v) is 2.67. The van der Waals surface area contributed by atoms with E-state index in [0.717, 1.165) is 0 Å². The molecule has 1 fully saturated rings. The second kappa shape index (κ2) is 5.96. The summed E-state index contributed by atoms with van der Waals surface area (Å²) in [6.45, 7) is 3.85. The lowest BCUT2D eigenvalue weighted by atomic mass is 9.81. The minimum absolute atomic E-state index is 0.0320. The Hall–Kier alpha value is -2.35. The van der Waals surface area contributed by atoms with Crippen molar-refractivity contribution >= 4 is 17.5 Å². The first kappa shape index (κ1) is 15.0. The van der Waals surface area contributed by atoms with E-state index in [-0.39, 0.29) is 24.8 Å². The molecule has 0 spiro atoms. The lowest BCUT2D eigenvalue weighted by molar-refractivity contribution is -0.126. The molecular formula is C16H18N2O3. The molecule has 0 aliphatic carbocycles. The third-order valence-corrected chi connectivity index (χ3v) is 4.15. The molecule has 5 nitrogen and oxygen atoms in total. The molecule has 2 rings (SSSR count). The van der Waals surface area contributed by atoms with Crippen LogP contribution >= 0.6 is 0 Å². The molecule has 0 bridgehead atoms. The molecule has 1 aliphatic heterocycles. The van der Waals surface area contributed by atoms with Crippen molar-refractivity contribution in [2.75, 3.05) is 11.5 Å². The Bertz CT molecular complexity index is 583. The Kier molecular flexibility index (Phi) is 4.27.